The normalized spacial score (nSPS) is 11.8. The van der Waals surface area contributed by atoms with Crippen molar-refractivity contribution >= 4 is 21.7 Å². The predicted octanol–water partition coefficient (Wildman–Crippen LogP) is 3.72. The summed E-state index contributed by atoms with van der Waals surface area (Å²) in [5, 5.41) is 7.18. The number of benzene rings is 1. The van der Waals surface area contributed by atoms with Gasteiger partial charge in [0.2, 0.25) is 0 Å². The van der Waals surface area contributed by atoms with Crippen molar-refractivity contribution in [1.82, 2.24) is 10.2 Å². The van der Waals surface area contributed by atoms with Gasteiger partial charge in [-0.3, -0.25) is 5.10 Å². The number of aromatic nitrogens is 2. The third kappa shape index (κ3) is 2.22. The highest BCUT2D eigenvalue weighted by Crippen LogP contribution is 2.38. The SMILES string of the molecule is CC(C)(C)c1[nH]nc(N)c1-c1ccccc1Br. The molecule has 2 rings (SSSR count). The summed E-state index contributed by atoms with van der Waals surface area (Å²) in [4.78, 5) is 0. The fourth-order valence-electron chi connectivity index (χ4n) is 1.84. The van der Waals surface area contributed by atoms with Gasteiger partial charge in [-0.15, -0.1) is 0 Å². The molecule has 17 heavy (non-hydrogen) atoms. The van der Waals surface area contributed by atoms with E-state index in [9.17, 15) is 0 Å². The molecule has 0 amide bonds. The van der Waals surface area contributed by atoms with Crippen LogP contribution in [0.5, 0.6) is 0 Å². The molecule has 0 aliphatic heterocycles. The lowest BCUT2D eigenvalue weighted by Gasteiger charge is -2.19. The van der Waals surface area contributed by atoms with Gasteiger partial charge in [-0.1, -0.05) is 54.9 Å². The van der Waals surface area contributed by atoms with Crippen molar-refractivity contribution in [2.75, 3.05) is 5.73 Å². The second-order valence-electron chi connectivity index (χ2n) is 5.09. The van der Waals surface area contributed by atoms with Crippen molar-refractivity contribution in [2.24, 2.45) is 0 Å². The first kappa shape index (κ1) is 12.2. The molecule has 0 aliphatic carbocycles. The second kappa shape index (κ2) is 4.18. The maximum Gasteiger partial charge on any atom is 0.153 e. The van der Waals surface area contributed by atoms with Crippen LogP contribution in [-0.4, -0.2) is 10.2 Å². The van der Waals surface area contributed by atoms with Crippen LogP contribution in [0.15, 0.2) is 28.7 Å². The molecule has 0 spiro atoms. The molecule has 1 heterocycles. The zero-order chi connectivity index (χ0) is 12.6. The Hall–Kier alpha value is -1.29. The molecule has 4 heteroatoms. The van der Waals surface area contributed by atoms with Crippen LogP contribution in [-0.2, 0) is 5.41 Å². The molecule has 0 atom stereocenters. The number of nitrogens with zero attached hydrogens (tertiary/aromatic N) is 1. The molecule has 2 aromatic rings. The topological polar surface area (TPSA) is 54.7 Å². The van der Waals surface area contributed by atoms with E-state index in [-0.39, 0.29) is 5.41 Å². The standard InChI is InChI=1S/C13H16BrN3/c1-13(2,3)11-10(12(15)17-16-11)8-6-4-5-7-9(8)14/h4-7H,1-3H3,(H3,15,16,17). The lowest BCUT2D eigenvalue weighted by molar-refractivity contribution is 0.568. The summed E-state index contributed by atoms with van der Waals surface area (Å²) >= 11 is 3.56. The quantitative estimate of drug-likeness (QED) is 0.842. The van der Waals surface area contributed by atoms with Crippen molar-refractivity contribution in [1.29, 1.82) is 0 Å². The van der Waals surface area contributed by atoms with Gasteiger partial charge in [0.05, 0.1) is 5.69 Å². The minimum atomic E-state index is -0.0186. The van der Waals surface area contributed by atoms with Crippen LogP contribution in [0.3, 0.4) is 0 Å². The van der Waals surface area contributed by atoms with Gasteiger partial charge >= 0.3 is 0 Å². The van der Waals surface area contributed by atoms with E-state index >= 15 is 0 Å². The monoisotopic (exact) mass is 293 g/mol. The second-order valence-corrected chi connectivity index (χ2v) is 5.94. The van der Waals surface area contributed by atoms with Crippen LogP contribution in [0, 0.1) is 0 Å². The summed E-state index contributed by atoms with van der Waals surface area (Å²) < 4.78 is 1.03. The Labute approximate surface area is 110 Å². The van der Waals surface area contributed by atoms with Crippen LogP contribution in [0.25, 0.3) is 11.1 Å². The molecular formula is C13H16BrN3. The van der Waals surface area contributed by atoms with Gasteiger partial charge in [0.25, 0.3) is 0 Å². The van der Waals surface area contributed by atoms with Crippen LogP contribution in [0.1, 0.15) is 26.5 Å². The number of hydrogen-bond donors (Lipinski definition) is 2. The lowest BCUT2D eigenvalue weighted by atomic mass is 9.87. The Morgan fingerprint density at radius 2 is 1.88 bits per heavy atom. The third-order valence-corrected chi connectivity index (χ3v) is 3.38. The number of nitrogens with one attached hydrogen (secondary N) is 1. The zero-order valence-electron chi connectivity index (χ0n) is 10.2. The summed E-state index contributed by atoms with van der Waals surface area (Å²) in [5.41, 5.74) is 9.08. The average Bonchev–Trinajstić information content (AvgIpc) is 2.60. The van der Waals surface area contributed by atoms with Gasteiger partial charge in [-0.2, -0.15) is 5.10 Å². The van der Waals surface area contributed by atoms with Crippen molar-refractivity contribution < 1.29 is 0 Å². The Balaban J connectivity index is 2.68. The summed E-state index contributed by atoms with van der Waals surface area (Å²) in [5.74, 6) is 0.543. The Morgan fingerprint density at radius 3 is 2.47 bits per heavy atom. The van der Waals surface area contributed by atoms with Crippen molar-refractivity contribution in [3.63, 3.8) is 0 Å². The largest absolute Gasteiger partial charge is 0.382 e. The third-order valence-electron chi connectivity index (χ3n) is 2.69. The van der Waals surface area contributed by atoms with E-state index in [0.29, 0.717) is 5.82 Å². The fourth-order valence-corrected chi connectivity index (χ4v) is 2.32. The molecule has 3 N–H and O–H groups in total. The van der Waals surface area contributed by atoms with Gasteiger partial charge in [-0.05, 0) is 6.07 Å². The van der Waals surface area contributed by atoms with E-state index < -0.39 is 0 Å². The minimum absolute atomic E-state index is 0.0186. The maximum atomic E-state index is 5.98. The minimum Gasteiger partial charge on any atom is -0.382 e. The van der Waals surface area contributed by atoms with E-state index in [1.165, 1.54) is 0 Å². The smallest absolute Gasteiger partial charge is 0.153 e. The van der Waals surface area contributed by atoms with Gasteiger partial charge in [0.15, 0.2) is 5.82 Å². The number of hydrogen-bond acceptors (Lipinski definition) is 2. The maximum absolute atomic E-state index is 5.98. The highest BCUT2D eigenvalue weighted by Gasteiger charge is 2.24. The molecule has 0 radical (unpaired) electrons. The molecule has 0 fully saturated rings. The summed E-state index contributed by atoms with van der Waals surface area (Å²) in [6, 6.07) is 8.04. The zero-order valence-corrected chi connectivity index (χ0v) is 11.8. The van der Waals surface area contributed by atoms with Gasteiger partial charge in [0, 0.05) is 21.0 Å². The van der Waals surface area contributed by atoms with E-state index in [1.807, 2.05) is 24.3 Å². The lowest BCUT2D eigenvalue weighted by Crippen LogP contribution is -2.13. The molecule has 90 valence electrons. The van der Waals surface area contributed by atoms with Crippen LogP contribution < -0.4 is 5.73 Å². The molecule has 0 bridgehead atoms. The van der Waals surface area contributed by atoms with Crippen molar-refractivity contribution in [3.8, 4) is 11.1 Å². The van der Waals surface area contributed by atoms with E-state index in [0.717, 1.165) is 21.3 Å². The predicted molar refractivity (Wildman–Crippen MR) is 74.8 cm³/mol. The molecule has 0 saturated carbocycles. The molecule has 0 aliphatic rings. The molecule has 3 nitrogen and oxygen atoms in total. The number of nitrogen functional groups attached to an aromatic ring is 1. The molecule has 0 saturated heterocycles. The number of rotatable bonds is 1. The van der Waals surface area contributed by atoms with Crippen molar-refractivity contribution in [2.45, 2.75) is 26.2 Å². The van der Waals surface area contributed by atoms with Crippen LogP contribution in [0.2, 0.25) is 0 Å². The number of anilines is 1. The fraction of sp³-hybridized carbons (Fsp3) is 0.308. The number of halogens is 1. The molecule has 1 aromatic heterocycles. The number of aromatic amines is 1. The van der Waals surface area contributed by atoms with Crippen LogP contribution in [0.4, 0.5) is 5.82 Å². The summed E-state index contributed by atoms with van der Waals surface area (Å²) in [6.07, 6.45) is 0. The summed E-state index contributed by atoms with van der Waals surface area (Å²) in [6.45, 7) is 6.42. The first-order valence-electron chi connectivity index (χ1n) is 5.50. The number of nitrogens with two attached hydrogens (primary N) is 1. The molecule has 0 unspecified atom stereocenters. The first-order chi connectivity index (χ1) is 7.91. The number of H-pyrrole nitrogens is 1. The van der Waals surface area contributed by atoms with Crippen LogP contribution >= 0.6 is 15.9 Å². The van der Waals surface area contributed by atoms with E-state index in [4.69, 9.17) is 5.73 Å². The van der Waals surface area contributed by atoms with Gasteiger partial charge < -0.3 is 5.73 Å². The van der Waals surface area contributed by atoms with E-state index in [1.54, 1.807) is 0 Å². The molecule has 1 aromatic carbocycles. The van der Waals surface area contributed by atoms with E-state index in [2.05, 4.69) is 46.9 Å². The summed E-state index contributed by atoms with van der Waals surface area (Å²) in [7, 11) is 0. The Morgan fingerprint density at radius 1 is 1.24 bits per heavy atom. The highest BCUT2D eigenvalue weighted by molar-refractivity contribution is 9.10. The van der Waals surface area contributed by atoms with Gasteiger partial charge in [-0.25, -0.2) is 0 Å². The average molecular weight is 294 g/mol. The first-order valence-corrected chi connectivity index (χ1v) is 6.30. The Bertz CT molecular complexity index is 538. The molecular weight excluding hydrogens is 278 g/mol. The highest BCUT2D eigenvalue weighted by atomic mass is 79.9. The van der Waals surface area contributed by atoms with Crippen molar-refractivity contribution in [3.05, 3.63) is 34.4 Å². The Kier molecular flexibility index (Phi) is 3.00. The van der Waals surface area contributed by atoms with Gasteiger partial charge in [0.1, 0.15) is 0 Å².